The molecule has 2 atom stereocenters. The van der Waals surface area contributed by atoms with Crippen LogP contribution in [0.1, 0.15) is 72.8 Å². The fourth-order valence-electron chi connectivity index (χ4n) is 2.49. The van der Waals surface area contributed by atoms with Crippen LogP contribution < -0.4 is 4.74 Å². The molecule has 4 nitrogen and oxygen atoms in total. The molecule has 1 aromatic rings. The molecule has 1 N–H and O–H groups in total. The van der Waals surface area contributed by atoms with E-state index in [1.807, 2.05) is 6.07 Å². The number of benzene rings is 1. The van der Waals surface area contributed by atoms with Crippen molar-refractivity contribution in [2.24, 2.45) is 11.8 Å². The van der Waals surface area contributed by atoms with Crippen LogP contribution in [0.2, 0.25) is 0 Å². The van der Waals surface area contributed by atoms with Crippen LogP contribution in [0.4, 0.5) is 4.79 Å². The Morgan fingerprint density at radius 3 is 2.29 bits per heavy atom. The van der Waals surface area contributed by atoms with Gasteiger partial charge < -0.3 is 14.6 Å². The lowest BCUT2D eigenvalue weighted by Crippen LogP contribution is -2.26. The number of aromatic hydroxyl groups is 1. The number of ether oxygens (including phenoxy) is 2. The van der Waals surface area contributed by atoms with Gasteiger partial charge in [0.25, 0.3) is 0 Å². The maximum atomic E-state index is 11.7. The molecule has 2 unspecified atom stereocenters. The van der Waals surface area contributed by atoms with Crippen molar-refractivity contribution in [3.63, 3.8) is 0 Å². The van der Waals surface area contributed by atoms with E-state index < -0.39 is 11.8 Å². The van der Waals surface area contributed by atoms with E-state index in [1.54, 1.807) is 32.9 Å². The first-order valence-corrected chi connectivity index (χ1v) is 8.77. The van der Waals surface area contributed by atoms with Crippen LogP contribution in [0.5, 0.6) is 11.5 Å². The number of rotatable bonds is 6. The highest BCUT2D eigenvalue weighted by atomic mass is 16.7. The zero-order valence-electron chi connectivity index (χ0n) is 16.1. The van der Waals surface area contributed by atoms with Crippen molar-refractivity contribution in [1.29, 1.82) is 0 Å². The van der Waals surface area contributed by atoms with Gasteiger partial charge in [-0.3, -0.25) is 0 Å². The van der Waals surface area contributed by atoms with Crippen molar-refractivity contribution in [3.8, 4) is 11.5 Å². The van der Waals surface area contributed by atoms with Crippen molar-refractivity contribution in [3.05, 3.63) is 23.8 Å². The molecule has 0 fully saturated rings. The second-order valence-electron chi connectivity index (χ2n) is 7.86. The topological polar surface area (TPSA) is 55.8 Å². The predicted octanol–water partition coefficient (Wildman–Crippen LogP) is 5.88. The lowest BCUT2D eigenvalue weighted by Gasteiger charge is -2.23. The fraction of sp³-hybridized carbons (Fsp3) is 0.650. The summed E-state index contributed by atoms with van der Waals surface area (Å²) >= 11 is 0. The molecule has 0 aromatic heterocycles. The van der Waals surface area contributed by atoms with Crippen molar-refractivity contribution < 1.29 is 19.4 Å². The minimum absolute atomic E-state index is 0.0333. The monoisotopic (exact) mass is 336 g/mol. The lowest BCUT2D eigenvalue weighted by molar-refractivity contribution is 0.0200. The summed E-state index contributed by atoms with van der Waals surface area (Å²) < 4.78 is 10.2. The summed E-state index contributed by atoms with van der Waals surface area (Å²) in [5, 5.41) is 10.2. The summed E-state index contributed by atoms with van der Waals surface area (Å²) in [6.45, 7) is 14.2. The Morgan fingerprint density at radius 2 is 1.83 bits per heavy atom. The molecule has 0 heterocycles. The molecule has 1 aromatic carbocycles. The third-order valence-electron chi connectivity index (χ3n) is 4.32. The molecule has 0 aliphatic rings. The summed E-state index contributed by atoms with van der Waals surface area (Å²) in [6.07, 6.45) is 1.26. The smallest absolute Gasteiger partial charge is 0.504 e. The Kier molecular flexibility index (Phi) is 7.12. The maximum Gasteiger partial charge on any atom is 0.514 e. The number of hydrogen-bond donors (Lipinski definition) is 1. The van der Waals surface area contributed by atoms with Crippen LogP contribution in [-0.2, 0) is 4.74 Å². The highest BCUT2D eigenvalue weighted by Gasteiger charge is 2.21. The van der Waals surface area contributed by atoms with Gasteiger partial charge in [0.15, 0.2) is 11.5 Å². The van der Waals surface area contributed by atoms with Gasteiger partial charge in [-0.05, 0) is 69.1 Å². The van der Waals surface area contributed by atoms with Crippen LogP contribution in [-0.4, -0.2) is 16.9 Å². The molecule has 136 valence electrons. The predicted molar refractivity (Wildman–Crippen MR) is 96.6 cm³/mol. The molecule has 0 aliphatic heterocycles. The van der Waals surface area contributed by atoms with Crippen LogP contribution in [0.25, 0.3) is 0 Å². The lowest BCUT2D eigenvalue weighted by atomic mass is 9.83. The van der Waals surface area contributed by atoms with Gasteiger partial charge in [0, 0.05) is 0 Å². The minimum Gasteiger partial charge on any atom is -0.504 e. The first kappa shape index (κ1) is 20.3. The molecule has 4 heteroatoms. The van der Waals surface area contributed by atoms with E-state index in [-0.39, 0.29) is 11.5 Å². The maximum absolute atomic E-state index is 11.7. The Bertz CT molecular complexity index is 543. The number of phenols is 1. The highest BCUT2D eigenvalue weighted by molar-refractivity contribution is 5.65. The number of carbonyl (C=O) groups excluding carboxylic acids is 1. The second kappa shape index (κ2) is 8.41. The van der Waals surface area contributed by atoms with Gasteiger partial charge in [0.05, 0.1) is 0 Å². The molecular formula is C20H32O4. The van der Waals surface area contributed by atoms with Crippen LogP contribution in [0.15, 0.2) is 18.2 Å². The summed E-state index contributed by atoms with van der Waals surface area (Å²) in [6, 6.07) is 5.25. The van der Waals surface area contributed by atoms with E-state index in [2.05, 4.69) is 27.7 Å². The molecule has 0 bridgehead atoms. The van der Waals surface area contributed by atoms with Gasteiger partial charge in [-0.2, -0.15) is 0 Å². The van der Waals surface area contributed by atoms with Gasteiger partial charge in [-0.15, -0.1) is 0 Å². The summed E-state index contributed by atoms with van der Waals surface area (Å²) in [5.41, 5.74) is 0.437. The van der Waals surface area contributed by atoms with E-state index in [1.165, 1.54) is 0 Å². The SMILES string of the molecule is CCC(CC(C)C(C)C)c1ccc(OC(=O)OC(C)(C)C)c(O)c1. The molecule has 24 heavy (non-hydrogen) atoms. The second-order valence-corrected chi connectivity index (χ2v) is 7.86. The molecule has 0 spiro atoms. The Morgan fingerprint density at radius 1 is 1.21 bits per heavy atom. The minimum atomic E-state index is -0.814. The first-order chi connectivity index (χ1) is 11.0. The molecular weight excluding hydrogens is 304 g/mol. The highest BCUT2D eigenvalue weighted by Crippen LogP contribution is 2.35. The van der Waals surface area contributed by atoms with E-state index in [0.29, 0.717) is 17.8 Å². The number of hydrogen-bond acceptors (Lipinski definition) is 4. The number of carbonyl (C=O) groups is 1. The van der Waals surface area contributed by atoms with Crippen molar-refractivity contribution in [2.45, 2.75) is 72.8 Å². The summed E-state index contributed by atoms with van der Waals surface area (Å²) in [4.78, 5) is 11.7. The van der Waals surface area contributed by atoms with Gasteiger partial charge >= 0.3 is 6.16 Å². The largest absolute Gasteiger partial charge is 0.514 e. The standard InChI is InChI=1S/C20H32O4/c1-8-15(11-14(4)13(2)3)16-9-10-18(17(21)12-16)23-19(22)24-20(5,6)7/h9-10,12-15,21H,8,11H2,1-7H3. The van der Waals surface area contributed by atoms with E-state index in [4.69, 9.17) is 9.47 Å². The molecule has 0 amide bonds. The number of phenolic OH excluding ortho intramolecular Hbond substituents is 1. The third-order valence-corrected chi connectivity index (χ3v) is 4.32. The van der Waals surface area contributed by atoms with Crippen molar-refractivity contribution >= 4 is 6.16 Å². The van der Waals surface area contributed by atoms with Crippen LogP contribution in [0.3, 0.4) is 0 Å². The quantitative estimate of drug-likeness (QED) is 0.520. The molecule has 0 saturated carbocycles. The normalized spacial score (nSPS) is 14.3. The van der Waals surface area contributed by atoms with Crippen molar-refractivity contribution in [2.75, 3.05) is 0 Å². The van der Waals surface area contributed by atoms with Gasteiger partial charge in [0.1, 0.15) is 5.60 Å². The average molecular weight is 336 g/mol. The van der Waals surface area contributed by atoms with Gasteiger partial charge in [0.2, 0.25) is 0 Å². The van der Waals surface area contributed by atoms with Gasteiger partial charge in [-0.25, -0.2) is 4.79 Å². The van der Waals surface area contributed by atoms with Gasteiger partial charge in [-0.1, -0.05) is 33.8 Å². The molecule has 1 rings (SSSR count). The average Bonchev–Trinajstić information content (AvgIpc) is 2.44. The molecule has 0 aliphatic carbocycles. The fourth-order valence-corrected chi connectivity index (χ4v) is 2.49. The zero-order valence-corrected chi connectivity index (χ0v) is 16.1. The Labute approximate surface area is 146 Å². The first-order valence-electron chi connectivity index (χ1n) is 8.77. The third kappa shape index (κ3) is 6.42. The van der Waals surface area contributed by atoms with E-state index >= 15 is 0 Å². The zero-order chi connectivity index (χ0) is 18.5. The van der Waals surface area contributed by atoms with E-state index in [9.17, 15) is 9.90 Å². The molecule has 0 radical (unpaired) electrons. The summed E-state index contributed by atoms with van der Waals surface area (Å²) in [7, 11) is 0. The van der Waals surface area contributed by atoms with Crippen LogP contribution >= 0.6 is 0 Å². The molecule has 0 saturated heterocycles. The van der Waals surface area contributed by atoms with E-state index in [0.717, 1.165) is 18.4 Å². The summed E-state index contributed by atoms with van der Waals surface area (Å²) in [5.74, 6) is 1.70. The Balaban J connectivity index is 2.84. The van der Waals surface area contributed by atoms with Crippen LogP contribution in [0, 0.1) is 11.8 Å². The Hall–Kier alpha value is -1.71. The van der Waals surface area contributed by atoms with Crippen molar-refractivity contribution in [1.82, 2.24) is 0 Å².